The van der Waals surface area contributed by atoms with Gasteiger partial charge in [-0.1, -0.05) is 38.8 Å². The second kappa shape index (κ2) is 13.7. The predicted octanol–water partition coefficient (Wildman–Crippen LogP) is 6.97. The number of benzene rings is 1. The molecule has 36 heavy (non-hydrogen) atoms. The van der Waals surface area contributed by atoms with Crippen molar-refractivity contribution in [2.24, 2.45) is 0 Å². The molecule has 2 saturated carbocycles. The molecule has 3 rings (SSSR count). The van der Waals surface area contributed by atoms with Crippen LogP contribution < -0.4 is 0 Å². The molecule has 2 fully saturated rings. The monoisotopic (exact) mass is 503 g/mol. The molecule has 0 N–H and O–H groups in total. The standard InChI is InChI=1S/C29H39F2NO4/c1-3-5-26(30)28(33)35-23-12-7-19(8-13-23)21-11-16-25(22(17-21)18-32)20-9-14-24(15-10-20)36-29(34)27(31)6-4-2/h11,16-17,19-20,23-24,26-27H,3-10,12-15H2,1-2H3/t19?,20?,23?,24?,26-,27-/m0/s1. The number of alkyl halides is 2. The van der Waals surface area contributed by atoms with Crippen molar-refractivity contribution in [3.8, 4) is 6.07 Å². The molecule has 198 valence electrons. The Balaban J connectivity index is 1.52. The maximum Gasteiger partial charge on any atom is 0.340 e. The van der Waals surface area contributed by atoms with Gasteiger partial charge in [0.2, 0.25) is 0 Å². The van der Waals surface area contributed by atoms with E-state index in [1.807, 2.05) is 26.0 Å². The summed E-state index contributed by atoms with van der Waals surface area (Å²) in [6.45, 7) is 3.67. The van der Waals surface area contributed by atoms with Gasteiger partial charge in [0.05, 0.1) is 11.6 Å². The Morgan fingerprint density at radius 2 is 1.33 bits per heavy atom. The lowest BCUT2D eigenvalue weighted by molar-refractivity contribution is -0.157. The summed E-state index contributed by atoms with van der Waals surface area (Å²) in [5.41, 5.74) is 2.81. The highest BCUT2D eigenvalue weighted by atomic mass is 19.1. The van der Waals surface area contributed by atoms with Gasteiger partial charge in [0.15, 0.2) is 12.3 Å². The average molecular weight is 504 g/mol. The fourth-order valence-corrected chi connectivity index (χ4v) is 5.51. The van der Waals surface area contributed by atoms with Gasteiger partial charge in [0.1, 0.15) is 12.2 Å². The van der Waals surface area contributed by atoms with Crippen LogP contribution in [-0.4, -0.2) is 36.5 Å². The zero-order chi connectivity index (χ0) is 26.1. The van der Waals surface area contributed by atoms with Crippen LogP contribution in [0.25, 0.3) is 0 Å². The average Bonchev–Trinajstić information content (AvgIpc) is 2.89. The van der Waals surface area contributed by atoms with E-state index >= 15 is 0 Å². The van der Waals surface area contributed by atoms with E-state index in [-0.39, 0.29) is 36.9 Å². The Morgan fingerprint density at radius 1 is 0.861 bits per heavy atom. The van der Waals surface area contributed by atoms with Crippen molar-refractivity contribution in [3.63, 3.8) is 0 Å². The van der Waals surface area contributed by atoms with E-state index in [1.165, 1.54) is 0 Å². The van der Waals surface area contributed by atoms with E-state index in [4.69, 9.17) is 9.47 Å². The minimum atomic E-state index is -1.55. The van der Waals surface area contributed by atoms with Gasteiger partial charge in [-0.25, -0.2) is 18.4 Å². The number of carbonyl (C=O) groups is 2. The summed E-state index contributed by atoms with van der Waals surface area (Å²) >= 11 is 0. The largest absolute Gasteiger partial charge is 0.460 e. The third-order valence-electron chi connectivity index (χ3n) is 7.62. The van der Waals surface area contributed by atoms with Gasteiger partial charge in [-0.3, -0.25) is 0 Å². The van der Waals surface area contributed by atoms with E-state index in [2.05, 4.69) is 12.1 Å². The molecule has 0 radical (unpaired) electrons. The molecule has 0 aliphatic heterocycles. The lowest BCUT2D eigenvalue weighted by Gasteiger charge is -2.31. The quantitative estimate of drug-likeness (QED) is 0.322. The Hall–Kier alpha value is -2.49. The second-order valence-corrected chi connectivity index (χ2v) is 10.3. The summed E-state index contributed by atoms with van der Waals surface area (Å²) in [6.07, 6.45) is 3.98. The maximum atomic E-state index is 13.8. The second-order valence-electron chi connectivity index (χ2n) is 10.3. The van der Waals surface area contributed by atoms with Crippen LogP contribution >= 0.6 is 0 Å². The molecular weight excluding hydrogens is 464 g/mol. The molecule has 0 aromatic heterocycles. The SMILES string of the molecule is CCC[C@H](F)C(=O)OC1CCC(c2ccc(C3CCC(OC(=O)[C@@H](F)CCC)CC3)c(C#N)c2)CC1. The van der Waals surface area contributed by atoms with Crippen LogP contribution in [0.15, 0.2) is 18.2 Å². The summed E-state index contributed by atoms with van der Waals surface area (Å²) in [4.78, 5) is 23.8. The molecule has 5 nitrogen and oxygen atoms in total. The highest BCUT2D eigenvalue weighted by Crippen LogP contribution is 2.39. The number of carbonyl (C=O) groups excluding carboxylic acids is 2. The highest BCUT2D eigenvalue weighted by Gasteiger charge is 2.30. The molecule has 0 saturated heterocycles. The van der Waals surface area contributed by atoms with Gasteiger partial charge in [0.25, 0.3) is 0 Å². The topological polar surface area (TPSA) is 76.4 Å². The maximum absolute atomic E-state index is 13.8. The van der Waals surface area contributed by atoms with E-state index < -0.39 is 24.3 Å². The zero-order valence-electron chi connectivity index (χ0n) is 21.5. The van der Waals surface area contributed by atoms with Crippen LogP contribution in [0.2, 0.25) is 0 Å². The number of hydrogen-bond acceptors (Lipinski definition) is 5. The number of rotatable bonds is 10. The predicted molar refractivity (Wildman–Crippen MR) is 133 cm³/mol. The molecule has 2 aliphatic carbocycles. The summed E-state index contributed by atoms with van der Waals surface area (Å²) in [7, 11) is 0. The van der Waals surface area contributed by atoms with Crippen LogP contribution in [0.1, 0.15) is 119 Å². The van der Waals surface area contributed by atoms with E-state index in [1.54, 1.807) is 0 Å². The summed E-state index contributed by atoms with van der Waals surface area (Å²) in [5, 5.41) is 9.84. The highest BCUT2D eigenvalue weighted by molar-refractivity contribution is 5.75. The van der Waals surface area contributed by atoms with Crippen molar-refractivity contribution >= 4 is 11.9 Å². The fourth-order valence-electron chi connectivity index (χ4n) is 5.51. The molecule has 2 atom stereocenters. The van der Waals surface area contributed by atoms with Crippen molar-refractivity contribution in [1.82, 2.24) is 0 Å². The number of nitrogens with zero attached hydrogens (tertiary/aromatic N) is 1. The van der Waals surface area contributed by atoms with Crippen molar-refractivity contribution in [2.75, 3.05) is 0 Å². The van der Waals surface area contributed by atoms with E-state index in [9.17, 15) is 23.6 Å². The third-order valence-corrected chi connectivity index (χ3v) is 7.62. The number of hydrogen-bond donors (Lipinski definition) is 0. The Kier molecular flexibility index (Phi) is 10.7. The molecule has 7 heteroatoms. The normalized spacial score (nSPS) is 25.9. The van der Waals surface area contributed by atoms with Gasteiger partial charge in [-0.05, 0) is 93.2 Å². The zero-order valence-corrected chi connectivity index (χ0v) is 21.5. The van der Waals surface area contributed by atoms with Gasteiger partial charge < -0.3 is 9.47 Å². The first-order valence-corrected chi connectivity index (χ1v) is 13.6. The van der Waals surface area contributed by atoms with Crippen molar-refractivity contribution in [3.05, 3.63) is 34.9 Å². The lowest BCUT2D eigenvalue weighted by Crippen LogP contribution is -2.28. The van der Waals surface area contributed by atoms with Crippen molar-refractivity contribution in [1.29, 1.82) is 5.26 Å². The lowest BCUT2D eigenvalue weighted by atomic mass is 9.78. The van der Waals surface area contributed by atoms with Crippen molar-refractivity contribution < 1.29 is 27.8 Å². The Labute approximate surface area is 213 Å². The molecule has 2 aliphatic rings. The van der Waals surface area contributed by atoms with Crippen LogP contribution in [0.4, 0.5) is 8.78 Å². The smallest absolute Gasteiger partial charge is 0.340 e. The number of esters is 2. The van der Waals surface area contributed by atoms with E-state index in [0.717, 1.165) is 36.8 Å². The molecule has 0 spiro atoms. The summed E-state index contributed by atoms with van der Waals surface area (Å²) < 4.78 is 38.3. The molecule has 0 heterocycles. The van der Waals surface area contributed by atoms with E-state index in [0.29, 0.717) is 44.1 Å². The molecule has 1 aromatic rings. The van der Waals surface area contributed by atoms with Crippen molar-refractivity contribution in [2.45, 2.75) is 127 Å². The van der Waals surface area contributed by atoms with Gasteiger partial charge in [-0.15, -0.1) is 0 Å². The Bertz CT molecular complexity index is 914. The molecule has 0 amide bonds. The first-order chi connectivity index (χ1) is 17.4. The molecule has 0 bridgehead atoms. The fraction of sp³-hybridized carbons (Fsp3) is 0.690. The number of nitriles is 1. The first kappa shape index (κ1) is 28.1. The minimum Gasteiger partial charge on any atom is -0.460 e. The summed E-state index contributed by atoms with van der Waals surface area (Å²) in [5.74, 6) is -0.999. The van der Waals surface area contributed by atoms with Crippen LogP contribution in [-0.2, 0) is 19.1 Å². The molecule has 1 aromatic carbocycles. The van der Waals surface area contributed by atoms with Gasteiger partial charge in [-0.2, -0.15) is 5.26 Å². The van der Waals surface area contributed by atoms with Crippen LogP contribution in [0.5, 0.6) is 0 Å². The Morgan fingerprint density at radius 3 is 1.78 bits per heavy atom. The first-order valence-electron chi connectivity index (χ1n) is 13.6. The number of ether oxygens (including phenoxy) is 2. The molecular formula is C29H39F2NO4. The van der Waals surface area contributed by atoms with Crippen LogP contribution in [0, 0.1) is 11.3 Å². The van der Waals surface area contributed by atoms with Gasteiger partial charge >= 0.3 is 11.9 Å². The third kappa shape index (κ3) is 7.51. The minimum absolute atomic E-state index is 0.190. The summed E-state index contributed by atoms with van der Waals surface area (Å²) in [6, 6.07) is 8.48. The number of halogens is 2. The molecule has 0 unspecified atom stereocenters. The van der Waals surface area contributed by atoms with Gasteiger partial charge in [0, 0.05) is 0 Å². The van der Waals surface area contributed by atoms with Crippen LogP contribution in [0.3, 0.4) is 0 Å².